The van der Waals surface area contributed by atoms with Crippen molar-refractivity contribution < 1.29 is 0 Å². The van der Waals surface area contributed by atoms with Gasteiger partial charge in [-0.1, -0.05) is 6.07 Å². The largest absolute Gasteiger partial charge is 0.375 e. The second-order valence-corrected chi connectivity index (χ2v) is 4.78. The lowest BCUT2D eigenvalue weighted by Crippen LogP contribution is -2.18. The van der Waals surface area contributed by atoms with E-state index in [2.05, 4.69) is 49.3 Å². The average molecular weight is 218 g/mol. The minimum absolute atomic E-state index is 0.789. The predicted molar refractivity (Wildman–Crippen MR) is 70.0 cm³/mol. The molecule has 1 aliphatic rings. The molecule has 16 heavy (non-hydrogen) atoms. The van der Waals surface area contributed by atoms with Gasteiger partial charge in [0.25, 0.3) is 0 Å². The summed E-state index contributed by atoms with van der Waals surface area (Å²) in [5, 5.41) is 3.56. The van der Waals surface area contributed by atoms with Gasteiger partial charge in [0, 0.05) is 31.9 Å². The molecular formula is C14H22N2. The Morgan fingerprint density at radius 1 is 1.38 bits per heavy atom. The molecule has 0 radical (unpaired) electrons. The number of rotatable bonds is 5. The van der Waals surface area contributed by atoms with E-state index < -0.39 is 0 Å². The second-order valence-electron chi connectivity index (χ2n) is 4.78. The maximum atomic E-state index is 3.56. The van der Waals surface area contributed by atoms with E-state index in [9.17, 15) is 0 Å². The second kappa shape index (κ2) is 4.88. The van der Waals surface area contributed by atoms with Crippen molar-refractivity contribution in [2.45, 2.75) is 39.3 Å². The number of aryl methyl sites for hydroxylation is 1. The van der Waals surface area contributed by atoms with E-state index in [1.54, 1.807) is 0 Å². The molecule has 88 valence electrons. The topological polar surface area (TPSA) is 15.3 Å². The van der Waals surface area contributed by atoms with Crippen molar-refractivity contribution >= 4 is 5.69 Å². The highest BCUT2D eigenvalue weighted by atomic mass is 15.1. The zero-order chi connectivity index (χ0) is 11.5. The Bertz CT molecular complexity index is 356. The Hall–Kier alpha value is -1.02. The minimum atomic E-state index is 0.789. The van der Waals surface area contributed by atoms with Crippen LogP contribution in [0.3, 0.4) is 0 Å². The van der Waals surface area contributed by atoms with Gasteiger partial charge in [-0.05, 0) is 49.9 Å². The molecule has 0 spiro atoms. The van der Waals surface area contributed by atoms with Crippen LogP contribution in [0.4, 0.5) is 5.69 Å². The molecule has 2 heteroatoms. The highest BCUT2D eigenvalue weighted by Gasteiger charge is 2.20. The van der Waals surface area contributed by atoms with Crippen molar-refractivity contribution in [2.24, 2.45) is 0 Å². The van der Waals surface area contributed by atoms with Crippen LogP contribution in [0.5, 0.6) is 0 Å². The Morgan fingerprint density at radius 3 is 2.69 bits per heavy atom. The minimum Gasteiger partial charge on any atom is -0.375 e. The first-order valence-corrected chi connectivity index (χ1v) is 6.24. The van der Waals surface area contributed by atoms with Gasteiger partial charge in [0.05, 0.1) is 0 Å². The highest BCUT2D eigenvalue weighted by molar-refractivity contribution is 5.50. The molecule has 0 aliphatic heterocycles. The first kappa shape index (κ1) is 11.5. The molecule has 1 saturated carbocycles. The molecule has 0 heterocycles. The Morgan fingerprint density at radius 2 is 2.12 bits per heavy atom. The lowest BCUT2D eigenvalue weighted by Gasteiger charge is -2.18. The molecule has 0 amide bonds. The van der Waals surface area contributed by atoms with Gasteiger partial charge in [0.2, 0.25) is 0 Å². The molecule has 2 rings (SSSR count). The van der Waals surface area contributed by atoms with Crippen LogP contribution in [-0.4, -0.2) is 19.6 Å². The lowest BCUT2D eigenvalue weighted by atomic mass is 10.1. The van der Waals surface area contributed by atoms with Crippen molar-refractivity contribution in [2.75, 3.05) is 18.5 Å². The van der Waals surface area contributed by atoms with Crippen molar-refractivity contribution in [1.29, 1.82) is 0 Å². The van der Waals surface area contributed by atoms with Crippen molar-refractivity contribution in [3.05, 3.63) is 29.3 Å². The molecule has 1 aromatic rings. The predicted octanol–water partition coefficient (Wildman–Crippen LogP) is 2.70. The highest BCUT2D eigenvalue weighted by Crippen LogP contribution is 2.21. The summed E-state index contributed by atoms with van der Waals surface area (Å²) < 4.78 is 0. The molecule has 0 saturated heterocycles. The van der Waals surface area contributed by atoms with Gasteiger partial charge in [0.1, 0.15) is 0 Å². The van der Waals surface area contributed by atoms with E-state index in [0.29, 0.717) is 0 Å². The molecule has 2 nitrogen and oxygen atoms in total. The number of nitrogens with one attached hydrogen (secondary N) is 1. The monoisotopic (exact) mass is 218 g/mol. The first-order chi connectivity index (χ1) is 7.70. The molecule has 1 fully saturated rings. The van der Waals surface area contributed by atoms with Crippen molar-refractivity contribution in [3.63, 3.8) is 0 Å². The smallest absolute Gasteiger partial charge is 0.0366 e. The van der Waals surface area contributed by atoms with Crippen LogP contribution in [0.2, 0.25) is 0 Å². The van der Waals surface area contributed by atoms with E-state index in [1.807, 2.05) is 0 Å². The first-order valence-electron chi connectivity index (χ1n) is 6.24. The number of benzene rings is 1. The van der Waals surface area contributed by atoms with E-state index >= 15 is 0 Å². The van der Waals surface area contributed by atoms with Crippen LogP contribution >= 0.6 is 0 Å². The molecule has 1 aromatic carbocycles. The number of hydrogen-bond acceptors (Lipinski definition) is 2. The third kappa shape index (κ3) is 2.76. The Labute approximate surface area is 98.7 Å². The average Bonchev–Trinajstić information content (AvgIpc) is 3.10. The normalized spacial score (nSPS) is 15.2. The van der Waals surface area contributed by atoms with E-state index in [0.717, 1.165) is 19.1 Å². The fourth-order valence-electron chi connectivity index (χ4n) is 1.84. The van der Waals surface area contributed by atoms with Gasteiger partial charge in [-0.15, -0.1) is 0 Å². The van der Waals surface area contributed by atoms with Gasteiger partial charge >= 0.3 is 0 Å². The third-order valence-corrected chi connectivity index (χ3v) is 3.40. The van der Waals surface area contributed by atoms with Crippen LogP contribution in [0.1, 0.15) is 30.9 Å². The molecule has 1 N–H and O–H groups in total. The zero-order valence-electron chi connectivity index (χ0n) is 10.6. The van der Waals surface area contributed by atoms with Crippen molar-refractivity contribution in [1.82, 2.24) is 5.32 Å². The molecule has 1 aliphatic carbocycles. The summed E-state index contributed by atoms with van der Waals surface area (Å²) in [6.45, 7) is 6.46. The maximum Gasteiger partial charge on any atom is 0.0366 e. The van der Waals surface area contributed by atoms with Gasteiger partial charge < -0.3 is 10.2 Å². The van der Waals surface area contributed by atoms with Crippen LogP contribution in [0.25, 0.3) is 0 Å². The van der Waals surface area contributed by atoms with Gasteiger partial charge in [0.15, 0.2) is 0 Å². The quantitative estimate of drug-likeness (QED) is 0.817. The van der Waals surface area contributed by atoms with Crippen LogP contribution in [-0.2, 0) is 6.54 Å². The van der Waals surface area contributed by atoms with Crippen LogP contribution in [0.15, 0.2) is 18.2 Å². The third-order valence-electron chi connectivity index (χ3n) is 3.40. The van der Waals surface area contributed by atoms with E-state index in [-0.39, 0.29) is 0 Å². The van der Waals surface area contributed by atoms with Crippen molar-refractivity contribution in [3.8, 4) is 0 Å². The Kier molecular flexibility index (Phi) is 3.49. The summed E-state index contributed by atoms with van der Waals surface area (Å²) in [6, 6.07) is 7.55. The lowest BCUT2D eigenvalue weighted by molar-refractivity contribution is 0.685. The zero-order valence-corrected chi connectivity index (χ0v) is 10.6. The Balaban J connectivity index is 2.02. The maximum absolute atomic E-state index is 3.56. The number of anilines is 1. The molecular weight excluding hydrogens is 196 g/mol. The van der Waals surface area contributed by atoms with E-state index in [4.69, 9.17) is 0 Å². The summed E-state index contributed by atoms with van der Waals surface area (Å²) in [7, 11) is 2.14. The summed E-state index contributed by atoms with van der Waals surface area (Å²) in [6.07, 6.45) is 2.71. The van der Waals surface area contributed by atoms with Gasteiger partial charge in [-0.2, -0.15) is 0 Å². The molecule has 0 bridgehead atoms. The standard InChI is InChI=1S/C14H22N2/c1-4-16(3)14-8-5-12(11(2)9-14)10-15-13-6-7-13/h5,8-9,13,15H,4,6-7,10H2,1-3H3. The number of hydrogen-bond donors (Lipinski definition) is 1. The van der Waals surface area contributed by atoms with Crippen LogP contribution in [0, 0.1) is 6.92 Å². The fraction of sp³-hybridized carbons (Fsp3) is 0.571. The van der Waals surface area contributed by atoms with Crippen LogP contribution < -0.4 is 10.2 Å². The summed E-state index contributed by atoms with van der Waals surface area (Å²) in [4.78, 5) is 2.27. The molecule has 0 atom stereocenters. The summed E-state index contributed by atoms with van der Waals surface area (Å²) in [5.41, 5.74) is 4.14. The number of nitrogens with zero attached hydrogens (tertiary/aromatic N) is 1. The van der Waals surface area contributed by atoms with Gasteiger partial charge in [-0.3, -0.25) is 0 Å². The SMILES string of the molecule is CCN(C)c1ccc(CNC2CC2)c(C)c1. The van der Waals surface area contributed by atoms with Gasteiger partial charge in [-0.25, -0.2) is 0 Å². The molecule has 0 aromatic heterocycles. The fourth-order valence-corrected chi connectivity index (χ4v) is 1.84. The van der Waals surface area contributed by atoms with E-state index in [1.165, 1.54) is 29.7 Å². The summed E-state index contributed by atoms with van der Waals surface area (Å²) >= 11 is 0. The molecule has 0 unspecified atom stereocenters. The summed E-state index contributed by atoms with van der Waals surface area (Å²) in [5.74, 6) is 0.